The second kappa shape index (κ2) is 6.26. The molecule has 0 unspecified atom stereocenters. The average molecular weight is 299 g/mol. The number of benzene rings is 1. The second-order valence-corrected chi connectivity index (χ2v) is 6.63. The Labute approximate surface area is 130 Å². The van der Waals surface area contributed by atoms with Crippen molar-refractivity contribution in [2.24, 2.45) is 11.3 Å². The van der Waals surface area contributed by atoms with Crippen LogP contribution < -0.4 is 5.32 Å². The highest BCUT2D eigenvalue weighted by Gasteiger charge is 2.42. The van der Waals surface area contributed by atoms with E-state index in [0.29, 0.717) is 0 Å². The van der Waals surface area contributed by atoms with Crippen LogP contribution in [0.15, 0.2) is 36.5 Å². The van der Waals surface area contributed by atoms with Crippen LogP contribution in [0.4, 0.5) is 5.69 Å². The highest BCUT2D eigenvalue weighted by atomic mass is 16.2. The number of anilines is 1. The van der Waals surface area contributed by atoms with Crippen molar-refractivity contribution in [2.75, 3.05) is 5.32 Å². The molecule has 1 fully saturated rings. The number of hydrogen-bond acceptors (Lipinski definition) is 4. The summed E-state index contributed by atoms with van der Waals surface area (Å²) >= 11 is 0. The molecule has 1 aliphatic rings. The van der Waals surface area contributed by atoms with E-state index in [1.807, 2.05) is 45.0 Å². The van der Waals surface area contributed by atoms with Crippen LogP contribution in [0.25, 0.3) is 0 Å². The second-order valence-electron chi connectivity index (χ2n) is 6.63. The lowest BCUT2D eigenvalue weighted by atomic mass is 9.70. The molecule has 0 aromatic heterocycles. The number of rotatable bonds is 4. The molecule has 1 aliphatic carbocycles. The third-order valence-electron chi connectivity index (χ3n) is 3.78. The van der Waals surface area contributed by atoms with Gasteiger partial charge >= 0.3 is 0 Å². The Hall–Kier alpha value is -2.23. The molecule has 116 valence electrons. The minimum atomic E-state index is -1.12. The normalized spacial score (nSPS) is 18.7. The van der Waals surface area contributed by atoms with Gasteiger partial charge in [-0.05, 0) is 30.5 Å². The molecule has 0 radical (unpaired) electrons. The van der Waals surface area contributed by atoms with Crippen molar-refractivity contribution in [2.45, 2.75) is 33.6 Å². The Kier molecular flexibility index (Phi) is 4.59. The van der Waals surface area contributed by atoms with Gasteiger partial charge in [-0.25, -0.2) is 0 Å². The smallest absolute Gasteiger partial charge is 0.175 e. The summed E-state index contributed by atoms with van der Waals surface area (Å²) in [5.41, 5.74) is 1.65. The van der Waals surface area contributed by atoms with Gasteiger partial charge in [-0.2, -0.15) is 0 Å². The molecule has 22 heavy (non-hydrogen) atoms. The highest BCUT2D eigenvalue weighted by Crippen LogP contribution is 2.34. The van der Waals surface area contributed by atoms with Crippen LogP contribution in [0, 0.1) is 18.3 Å². The van der Waals surface area contributed by atoms with Crippen LogP contribution in [0.5, 0.6) is 0 Å². The predicted octanol–water partition coefficient (Wildman–Crippen LogP) is 3.06. The Morgan fingerprint density at radius 3 is 2.23 bits per heavy atom. The molecule has 4 nitrogen and oxygen atoms in total. The first kappa shape index (κ1) is 16.1. The molecule has 0 saturated heterocycles. The summed E-state index contributed by atoms with van der Waals surface area (Å²) in [5, 5.41) is 2.96. The van der Waals surface area contributed by atoms with Crippen molar-refractivity contribution in [3.05, 3.63) is 42.1 Å². The quantitative estimate of drug-likeness (QED) is 0.685. The van der Waals surface area contributed by atoms with Crippen molar-refractivity contribution >= 4 is 23.0 Å². The Bertz CT molecular complexity index is 606. The van der Waals surface area contributed by atoms with E-state index in [-0.39, 0.29) is 29.8 Å². The van der Waals surface area contributed by atoms with E-state index in [1.165, 1.54) is 12.3 Å². The zero-order valence-electron chi connectivity index (χ0n) is 13.2. The standard InChI is InChI=1S/C18H21NO3/c1-12-4-6-13(7-5-12)19-9-8-14(20)17-15(21)10-18(2,3)11-16(17)22/h4-9,17,19H,10-11H2,1-3H3. The lowest BCUT2D eigenvalue weighted by Crippen LogP contribution is -2.41. The van der Waals surface area contributed by atoms with Gasteiger partial charge in [0.15, 0.2) is 17.3 Å². The number of nitrogens with one attached hydrogen (secondary N) is 1. The fourth-order valence-electron chi connectivity index (χ4n) is 2.67. The largest absolute Gasteiger partial charge is 0.362 e. The third-order valence-corrected chi connectivity index (χ3v) is 3.78. The summed E-state index contributed by atoms with van der Waals surface area (Å²) in [4.78, 5) is 36.2. The Morgan fingerprint density at radius 1 is 1.14 bits per heavy atom. The van der Waals surface area contributed by atoms with E-state index in [1.54, 1.807) is 0 Å². The zero-order valence-corrected chi connectivity index (χ0v) is 13.2. The van der Waals surface area contributed by atoms with Gasteiger partial charge in [0, 0.05) is 24.7 Å². The summed E-state index contributed by atoms with van der Waals surface area (Å²) < 4.78 is 0. The lowest BCUT2D eigenvalue weighted by molar-refractivity contribution is -0.143. The molecule has 0 spiro atoms. The molecule has 0 heterocycles. The minimum absolute atomic E-state index is 0.272. The van der Waals surface area contributed by atoms with E-state index in [2.05, 4.69) is 5.32 Å². The van der Waals surface area contributed by atoms with Crippen molar-refractivity contribution < 1.29 is 14.4 Å². The van der Waals surface area contributed by atoms with Crippen LogP contribution in [0.2, 0.25) is 0 Å². The van der Waals surface area contributed by atoms with Gasteiger partial charge in [0.2, 0.25) is 0 Å². The Balaban J connectivity index is 1.99. The van der Waals surface area contributed by atoms with E-state index in [4.69, 9.17) is 0 Å². The van der Waals surface area contributed by atoms with Gasteiger partial charge in [-0.1, -0.05) is 31.5 Å². The molecular weight excluding hydrogens is 278 g/mol. The number of ketones is 3. The molecule has 0 amide bonds. The number of hydrogen-bond donors (Lipinski definition) is 1. The topological polar surface area (TPSA) is 63.2 Å². The van der Waals surface area contributed by atoms with Crippen molar-refractivity contribution in [3.63, 3.8) is 0 Å². The van der Waals surface area contributed by atoms with Crippen LogP contribution in [0.1, 0.15) is 32.3 Å². The molecule has 0 atom stereocenters. The minimum Gasteiger partial charge on any atom is -0.362 e. The molecule has 1 aromatic rings. The first-order valence-electron chi connectivity index (χ1n) is 7.37. The van der Waals surface area contributed by atoms with Gasteiger partial charge in [0.05, 0.1) is 0 Å². The van der Waals surface area contributed by atoms with Gasteiger partial charge < -0.3 is 5.32 Å². The number of allylic oxidation sites excluding steroid dienone is 1. The third kappa shape index (κ3) is 3.91. The van der Waals surface area contributed by atoms with Crippen LogP contribution in [-0.2, 0) is 14.4 Å². The molecular formula is C18H21NO3. The summed E-state index contributed by atoms with van der Waals surface area (Å²) in [7, 11) is 0. The maximum Gasteiger partial charge on any atom is 0.175 e. The van der Waals surface area contributed by atoms with Gasteiger partial charge in [-0.3, -0.25) is 14.4 Å². The summed E-state index contributed by atoms with van der Waals surface area (Å²) in [5.74, 6) is -2.10. The maximum atomic E-state index is 12.1. The monoisotopic (exact) mass is 299 g/mol. The fraction of sp³-hybridized carbons (Fsp3) is 0.389. The summed E-state index contributed by atoms with van der Waals surface area (Å²) in [6, 6.07) is 7.69. The molecule has 0 aliphatic heterocycles. The fourth-order valence-corrected chi connectivity index (χ4v) is 2.67. The van der Waals surface area contributed by atoms with Gasteiger partial charge in [-0.15, -0.1) is 0 Å². The van der Waals surface area contributed by atoms with Crippen molar-refractivity contribution in [3.8, 4) is 0 Å². The number of carbonyl (C=O) groups excluding carboxylic acids is 3. The summed E-state index contributed by atoms with van der Waals surface area (Å²) in [6.45, 7) is 5.74. The van der Waals surface area contributed by atoms with Crippen molar-refractivity contribution in [1.29, 1.82) is 0 Å². The molecule has 0 bridgehead atoms. The molecule has 1 N–H and O–H groups in total. The van der Waals surface area contributed by atoms with Crippen LogP contribution in [0.3, 0.4) is 0 Å². The number of carbonyl (C=O) groups is 3. The van der Waals surface area contributed by atoms with E-state index in [9.17, 15) is 14.4 Å². The van der Waals surface area contributed by atoms with E-state index in [0.717, 1.165) is 11.3 Å². The van der Waals surface area contributed by atoms with Crippen molar-refractivity contribution in [1.82, 2.24) is 0 Å². The Morgan fingerprint density at radius 2 is 1.68 bits per heavy atom. The van der Waals surface area contributed by atoms with Crippen LogP contribution >= 0.6 is 0 Å². The average Bonchev–Trinajstić information content (AvgIpc) is 2.38. The van der Waals surface area contributed by atoms with E-state index >= 15 is 0 Å². The SMILES string of the molecule is Cc1ccc(NC=CC(=O)C2C(=O)CC(C)(C)CC2=O)cc1. The first-order chi connectivity index (χ1) is 10.3. The maximum absolute atomic E-state index is 12.1. The van der Waals surface area contributed by atoms with Gasteiger partial charge in [0.1, 0.15) is 5.92 Å². The molecule has 1 aromatic carbocycles. The summed E-state index contributed by atoms with van der Waals surface area (Å²) in [6.07, 6.45) is 3.30. The predicted molar refractivity (Wildman–Crippen MR) is 85.5 cm³/mol. The lowest BCUT2D eigenvalue weighted by Gasteiger charge is -2.30. The molecule has 4 heteroatoms. The van der Waals surface area contributed by atoms with E-state index < -0.39 is 11.7 Å². The molecule has 2 rings (SSSR count). The number of Topliss-reactive ketones (excluding diaryl/α,β-unsaturated/α-hetero) is 2. The zero-order chi connectivity index (χ0) is 16.3. The molecule has 1 saturated carbocycles. The highest BCUT2D eigenvalue weighted by molar-refractivity contribution is 6.23. The van der Waals surface area contributed by atoms with Gasteiger partial charge in [0.25, 0.3) is 0 Å². The van der Waals surface area contributed by atoms with Crippen LogP contribution in [-0.4, -0.2) is 17.3 Å². The first-order valence-corrected chi connectivity index (χ1v) is 7.37. The number of aryl methyl sites for hydroxylation is 1.